The van der Waals surface area contributed by atoms with E-state index in [4.69, 9.17) is 5.73 Å². The highest BCUT2D eigenvalue weighted by molar-refractivity contribution is 7.84. The van der Waals surface area contributed by atoms with Crippen LogP contribution >= 0.6 is 0 Å². The van der Waals surface area contributed by atoms with Crippen LogP contribution in [0.25, 0.3) is 0 Å². The largest absolute Gasteiger partial charge is 0.370 e. The number of rotatable bonds is 4. The van der Waals surface area contributed by atoms with Gasteiger partial charge in [-0.2, -0.15) is 0 Å². The van der Waals surface area contributed by atoms with Gasteiger partial charge in [-0.3, -0.25) is 4.21 Å². The van der Waals surface area contributed by atoms with Crippen LogP contribution in [0.5, 0.6) is 0 Å². The summed E-state index contributed by atoms with van der Waals surface area (Å²) in [6.45, 7) is 0.558. The quantitative estimate of drug-likeness (QED) is 0.660. The van der Waals surface area contributed by atoms with Gasteiger partial charge in [-0.1, -0.05) is 31.4 Å². The Morgan fingerprint density at radius 2 is 1.95 bits per heavy atom. The lowest BCUT2D eigenvalue weighted by molar-refractivity contribution is 0.412. The molecule has 1 unspecified atom stereocenters. The number of hydrogen-bond donors (Lipinski definition) is 2. The Morgan fingerprint density at radius 3 is 2.55 bits per heavy atom. The van der Waals surface area contributed by atoms with E-state index in [0.717, 1.165) is 10.5 Å². The molecule has 1 atom stereocenters. The third-order valence-electron chi connectivity index (χ3n) is 3.64. The fraction of sp³-hybridized carbons (Fsp3) is 0.533. The van der Waals surface area contributed by atoms with Crippen molar-refractivity contribution in [3.63, 3.8) is 0 Å². The summed E-state index contributed by atoms with van der Waals surface area (Å²) in [6.07, 6.45) is 7.95. The van der Waals surface area contributed by atoms with E-state index in [1.165, 1.54) is 32.1 Å². The van der Waals surface area contributed by atoms with Gasteiger partial charge in [0, 0.05) is 28.0 Å². The van der Waals surface area contributed by atoms with Gasteiger partial charge in [0.15, 0.2) is 5.96 Å². The summed E-state index contributed by atoms with van der Waals surface area (Å²) in [5.41, 5.74) is 7.00. The van der Waals surface area contributed by atoms with Crippen molar-refractivity contribution in [2.24, 2.45) is 10.7 Å². The minimum absolute atomic E-state index is 0.484. The molecule has 0 radical (unpaired) electrons. The third-order valence-corrected chi connectivity index (χ3v) is 4.58. The molecule has 0 heterocycles. The van der Waals surface area contributed by atoms with Crippen molar-refractivity contribution in [2.45, 2.75) is 49.6 Å². The van der Waals surface area contributed by atoms with Crippen molar-refractivity contribution in [3.05, 3.63) is 29.8 Å². The Kier molecular flexibility index (Phi) is 5.59. The zero-order valence-electron chi connectivity index (χ0n) is 12.0. The van der Waals surface area contributed by atoms with E-state index in [2.05, 4.69) is 10.3 Å². The lowest BCUT2D eigenvalue weighted by Crippen LogP contribution is -2.41. The van der Waals surface area contributed by atoms with Crippen molar-refractivity contribution in [1.82, 2.24) is 5.32 Å². The van der Waals surface area contributed by atoms with Gasteiger partial charge in [-0.15, -0.1) is 0 Å². The molecule has 110 valence electrons. The van der Waals surface area contributed by atoms with Crippen LogP contribution in [0.2, 0.25) is 0 Å². The first-order chi connectivity index (χ1) is 9.65. The SMILES string of the molecule is CS(=O)c1ccc(CN=C(N)NC2CCCCC2)cc1. The van der Waals surface area contributed by atoms with E-state index in [9.17, 15) is 4.21 Å². The number of aliphatic imine (C=N–C) groups is 1. The van der Waals surface area contributed by atoms with Crippen LogP contribution in [0.3, 0.4) is 0 Å². The number of nitrogens with zero attached hydrogens (tertiary/aromatic N) is 1. The summed E-state index contributed by atoms with van der Waals surface area (Å²) < 4.78 is 11.3. The fourth-order valence-corrected chi connectivity index (χ4v) is 2.98. The first-order valence-electron chi connectivity index (χ1n) is 7.14. The van der Waals surface area contributed by atoms with Crippen LogP contribution in [-0.4, -0.2) is 22.5 Å². The van der Waals surface area contributed by atoms with Crippen molar-refractivity contribution < 1.29 is 4.21 Å². The molecule has 20 heavy (non-hydrogen) atoms. The number of benzene rings is 1. The highest BCUT2D eigenvalue weighted by Crippen LogP contribution is 2.17. The highest BCUT2D eigenvalue weighted by Gasteiger charge is 2.13. The van der Waals surface area contributed by atoms with E-state index in [0.29, 0.717) is 18.5 Å². The Bertz CT molecular complexity index is 478. The van der Waals surface area contributed by atoms with Crippen molar-refractivity contribution in [3.8, 4) is 0 Å². The monoisotopic (exact) mass is 293 g/mol. The third kappa shape index (κ3) is 4.63. The van der Waals surface area contributed by atoms with E-state index < -0.39 is 10.8 Å². The average molecular weight is 293 g/mol. The van der Waals surface area contributed by atoms with Gasteiger partial charge in [0.1, 0.15) is 0 Å². The maximum Gasteiger partial charge on any atom is 0.189 e. The average Bonchev–Trinajstić information content (AvgIpc) is 2.46. The van der Waals surface area contributed by atoms with Gasteiger partial charge < -0.3 is 11.1 Å². The molecular weight excluding hydrogens is 270 g/mol. The second-order valence-corrected chi connectivity index (χ2v) is 6.66. The van der Waals surface area contributed by atoms with E-state index in [1.807, 2.05) is 24.3 Å². The minimum atomic E-state index is -0.928. The van der Waals surface area contributed by atoms with Gasteiger partial charge in [0.05, 0.1) is 6.54 Å². The molecule has 1 aromatic carbocycles. The molecule has 1 saturated carbocycles. The first kappa shape index (κ1) is 15.0. The molecule has 1 aliphatic carbocycles. The summed E-state index contributed by atoms with van der Waals surface area (Å²) in [4.78, 5) is 5.21. The van der Waals surface area contributed by atoms with Crippen molar-refractivity contribution in [1.29, 1.82) is 0 Å². The van der Waals surface area contributed by atoms with Gasteiger partial charge in [-0.05, 0) is 30.5 Å². The van der Waals surface area contributed by atoms with E-state index in [1.54, 1.807) is 6.26 Å². The molecule has 0 amide bonds. The zero-order chi connectivity index (χ0) is 14.4. The normalized spacial score (nSPS) is 18.8. The lowest BCUT2D eigenvalue weighted by atomic mass is 9.96. The maximum atomic E-state index is 11.3. The second-order valence-electron chi connectivity index (χ2n) is 5.28. The summed E-state index contributed by atoms with van der Waals surface area (Å²) >= 11 is 0. The number of hydrogen-bond acceptors (Lipinski definition) is 2. The predicted molar refractivity (Wildman–Crippen MR) is 84.1 cm³/mol. The molecule has 2 rings (SSSR count). The standard InChI is InChI=1S/C15H23N3OS/c1-20(19)14-9-7-12(8-10-14)11-17-15(16)18-13-5-3-2-4-6-13/h7-10,13H,2-6,11H2,1H3,(H3,16,17,18). The molecule has 1 aromatic rings. The van der Waals surface area contributed by atoms with Crippen LogP contribution in [0.15, 0.2) is 34.2 Å². The van der Waals surface area contributed by atoms with Crippen LogP contribution in [-0.2, 0) is 17.3 Å². The topological polar surface area (TPSA) is 67.5 Å². The minimum Gasteiger partial charge on any atom is -0.370 e. The Hall–Kier alpha value is -1.36. The molecule has 0 spiro atoms. The maximum absolute atomic E-state index is 11.3. The number of nitrogens with one attached hydrogen (secondary N) is 1. The summed E-state index contributed by atoms with van der Waals surface area (Å²) in [5.74, 6) is 0.528. The van der Waals surface area contributed by atoms with Crippen molar-refractivity contribution in [2.75, 3.05) is 6.26 Å². The van der Waals surface area contributed by atoms with Crippen LogP contribution in [0, 0.1) is 0 Å². The summed E-state index contributed by atoms with van der Waals surface area (Å²) in [7, 11) is -0.928. The molecule has 0 aromatic heterocycles. The molecule has 4 nitrogen and oxygen atoms in total. The molecule has 0 saturated heterocycles. The second kappa shape index (κ2) is 7.43. The molecule has 5 heteroatoms. The first-order valence-corrected chi connectivity index (χ1v) is 8.70. The molecule has 0 aliphatic heterocycles. The van der Waals surface area contributed by atoms with E-state index >= 15 is 0 Å². The summed E-state index contributed by atoms with van der Waals surface area (Å²) in [6, 6.07) is 8.15. The van der Waals surface area contributed by atoms with Gasteiger partial charge in [0.25, 0.3) is 0 Å². The Balaban J connectivity index is 1.85. The molecule has 0 bridgehead atoms. The van der Waals surface area contributed by atoms with Crippen LogP contribution < -0.4 is 11.1 Å². The Labute approximate surface area is 123 Å². The van der Waals surface area contributed by atoms with Crippen LogP contribution in [0.1, 0.15) is 37.7 Å². The molecular formula is C15H23N3OS. The lowest BCUT2D eigenvalue weighted by Gasteiger charge is -2.23. The zero-order valence-corrected chi connectivity index (χ0v) is 12.8. The predicted octanol–water partition coefficient (Wildman–Crippen LogP) is 2.16. The van der Waals surface area contributed by atoms with Gasteiger partial charge in [-0.25, -0.2) is 4.99 Å². The molecule has 1 fully saturated rings. The summed E-state index contributed by atoms with van der Waals surface area (Å²) in [5, 5.41) is 3.30. The molecule has 1 aliphatic rings. The van der Waals surface area contributed by atoms with Gasteiger partial charge in [0.2, 0.25) is 0 Å². The smallest absolute Gasteiger partial charge is 0.189 e. The van der Waals surface area contributed by atoms with Crippen molar-refractivity contribution >= 4 is 16.8 Å². The van der Waals surface area contributed by atoms with Gasteiger partial charge >= 0.3 is 0 Å². The number of guanidine groups is 1. The fourth-order valence-electron chi connectivity index (χ4n) is 2.46. The van der Waals surface area contributed by atoms with Crippen LogP contribution in [0.4, 0.5) is 0 Å². The highest BCUT2D eigenvalue weighted by atomic mass is 32.2. The number of nitrogens with two attached hydrogens (primary N) is 1. The van der Waals surface area contributed by atoms with E-state index in [-0.39, 0.29) is 0 Å². The Morgan fingerprint density at radius 1 is 1.30 bits per heavy atom. The molecule has 3 N–H and O–H groups in total.